The molecule has 2 N–H and O–H groups in total. The Morgan fingerprint density at radius 3 is 2.39 bits per heavy atom. The van der Waals surface area contributed by atoms with E-state index in [2.05, 4.69) is 15.1 Å². The molecule has 0 saturated carbocycles. The van der Waals surface area contributed by atoms with E-state index in [1.54, 1.807) is 13.8 Å². The number of carbonyl (C=O) groups excluding carboxylic acids is 1. The number of hydrogen-bond acceptors (Lipinski definition) is 7. The SMILES string of the molecule is CC[C@H](C)NS(=O)(=O)c1cc([N+](=O)[O-])ccc1Oc1c(C)c(C(=O)NC(C)C)nn1C(C)C. The van der Waals surface area contributed by atoms with Gasteiger partial charge in [-0.2, -0.15) is 5.10 Å². The van der Waals surface area contributed by atoms with Crippen molar-refractivity contribution in [1.29, 1.82) is 0 Å². The highest BCUT2D eigenvalue weighted by Gasteiger charge is 2.28. The van der Waals surface area contributed by atoms with Gasteiger partial charge < -0.3 is 10.1 Å². The molecule has 0 aliphatic heterocycles. The number of nitro benzene ring substituents is 1. The van der Waals surface area contributed by atoms with Crippen LogP contribution in [0.1, 0.15) is 70.1 Å². The molecule has 1 aromatic heterocycles. The third kappa shape index (κ3) is 6.08. The molecular weight excluding hydrogens is 450 g/mol. The Balaban J connectivity index is 2.64. The third-order valence-corrected chi connectivity index (χ3v) is 6.43. The molecule has 0 aliphatic rings. The summed E-state index contributed by atoms with van der Waals surface area (Å²) in [6.45, 7) is 12.5. The smallest absolute Gasteiger partial charge is 0.272 e. The summed E-state index contributed by atoms with van der Waals surface area (Å²) in [5.74, 6) is -0.327. The minimum atomic E-state index is -4.14. The lowest BCUT2D eigenvalue weighted by atomic mass is 10.2. The first-order chi connectivity index (χ1) is 15.3. The molecule has 2 rings (SSSR count). The van der Waals surface area contributed by atoms with Crippen LogP contribution < -0.4 is 14.8 Å². The zero-order valence-corrected chi connectivity index (χ0v) is 20.7. The highest BCUT2D eigenvalue weighted by molar-refractivity contribution is 7.89. The number of nitrogens with one attached hydrogen (secondary N) is 2. The van der Waals surface area contributed by atoms with Crippen molar-refractivity contribution < 1.29 is 22.9 Å². The number of rotatable bonds is 10. The van der Waals surface area contributed by atoms with Crippen LogP contribution in [0.2, 0.25) is 0 Å². The van der Waals surface area contributed by atoms with Gasteiger partial charge in [0.05, 0.1) is 11.0 Å². The molecule has 11 nitrogen and oxygen atoms in total. The van der Waals surface area contributed by atoms with Crippen molar-refractivity contribution in [1.82, 2.24) is 19.8 Å². The van der Waals surface area contributed by atoms with Gasteiger partial charge in [0, 0.05) is 29.8 Å². The molecule has 1 heterocycles. The topological polar surface area (TPSA) is 145 Å². The maximum absolute atomic E-state index is 13.0. The molecule has 0 fully saturated rings. The predicted molar refractivity (Wildman–Crippen MR) is 123 cm³/mol. The van der Waals surface area contributed by atoms with E-state index in [0.29, 0.717) is 12.0 Å². The average Bonchev–Trinajstić information content (AvgIpc) is 3.03. The van der Waals surface area contributed by atoms with Crippen molar-refractivity contribution in [2.24, 2.45) is 0 Å². The van der Waals surface area contributed by atoms with Gasteiger partial charge in [-0.25, -0.2) is 17.8 Å². The Bertz CT molecular complexity index is 1140. The number of hydrogen-bond donors (Lipinski definition) is 2. The standard InChI is InChI=1S/C21H31N5O6S/c1-8-14(6)24-33(30,31)18-11-16(26(28)29)9-10-17(18)32-21-15(7)19(20(27)22-12(2)3)23-25(21)13(4)5/h9-14,24H,8H2,1-7H3,(H,22,27)/t14-/m0/s1. The predicted octanol–water partition coefficient (Wildman–Crippen LogP) is 3.69. The Hall–Kier alpha value is -2.99. The van der Waals surface area contributed by atoms with Gasteiger partial charge in [0.1, 0.15) is 10.6 Å². The Labute approximate surface area is 193 Å². The fraction of sp³-hybridized carbons (Fsp3) is 0.524. The van der Waals surface area contributed by atoms with Crippen LogP contribution in [0.15, 0.2) is 23.1 Å². The van der Waals surface area contributed by atoms with Gasteiger partial charge in [-0.05, 0) is 54.0 Å². The number of sulfonamides is 1. The first kappa shape index (κ1) is 26.3. The summed E-state index contributed by atoms with van der Waals surface area (Å²) < 4.78 is 36.0. The van der Waals surface area contributed by atoms with Crippen LogP contribution in [0.4, 0.5) is 5.69 Å². The van der Waals surface area contributed by atoms with Crippen LogP contribution in [0.5, 0.6) is 11.6 Å². The average molecular weight is 482 g/mol. The lowest BCUT2D eigenvalue weighted by Crippen LogP contribution is -2.32. The van der Waals surface area contributed by atoms with E-state index >= 15 is 0 Å². The van der Waals surface area contributed by atoms with E-state index in [9.17, 15) is 23.3 Å². The van der Waals surface area contributed by atoms with Crippen LogP contribution >= 0.6 is 0 Å². The molecule has 1 aromatic carbocycles. The van der Waals surface area contributed by atoms with Crippen LogP contribution in [0.25, 0.3) is 0 Å². The monoisotopic (exact) mass is 481 g/mol. The normalized spacial score (nSPS) is 12.8. The highest BCUT2D eigenvalue weighted by Crippen LogP contribution is 2.35. The fourth-order valence-electron chi connectivity index (χ4n) is 2.94. The molecule has 2 aromatic rings. The maximum atomic E-state index is 13.0. The van der Waals surface area contributed by atoms with E-state index in [0.717, 1.165) is 12.1 Å². The van der Waals surface area contributed by atoms with E-state index in [-0.39, 0.29) is 40.2 Å². The van der Waals surface area contributed by atoms with E-state index < -0.39 is 26.7 Å². The summed E-state index contributed by atoms with van der Waals surface area (Å²) in [4.78, 5) is 22.8. The Morgan fingerprint density at radius 1 is 1.24 bits per heavy atom. The summed E-state index contributed by atoms with van der Waals surface area (Å²) in [5.41, 5.74) is 0.174. The van der Waals surface area contributed by atoms with Crippen molar-refractivity contribution >= 4 is 21.6 Å². The number of non-ortho nitro benzene ring substituents is 1. The highest BCUT2D eigenvalue weighted by atomic mass is 32.2. The molecule has 0 aliphatic carbocycles. The first-order valence-corrected chi connectivity index (χ1v) is 12.1. The minimum Gasteiger partial charge on any atom is -0.438 e. The molecule has 1 atom stereocenters. The second-order valence-electron chi connectivity index (χ2n) is 8.37. The Morgan fingerprint density at radius 2 is 1.88 bits per heavy atom. The second-order valence-corrected chi connectivity index (χ2v) is 10.0. The largest absolute Gasteiger partial charge is 0.438 e. The molecule has 0 radical (unpaired) electrons. The van der Waals surface area contributed by atoms with Gasteiger partial charge in [-0.1, -0.05) is 6.92 Å². The second kappa shape index (κ2) is 10.3. The Kier molecular flexibility index (Phi) is 8.20. The van der Waals surface area contributed by atoms with Crippen molar-refractivity contribution in [2.45, 2.75) is 77.9 Å². The van der Waals surface area contributed by atoms with Crippen LogP contribution in [0.3, 0.4) is 0 Å². The first-order valence-electron chi connectivity index (χ1n) is 10.7. The van der Waals surface area contributed by atoms with E-state index in [1.165, 1.54) is 10.7 Å². The van der Waals surface area contributed by atoms with Crippen molar-refractivity contribution in [2.75, 3.05) is 0 Å². The van der Waals surface area contributed by atoms with Crippen molar-refractivity contribution in [3.63, 3.8) is 0 Å². The van der Waals surface area contributed by atoms with Gasteiger partial charge in [0.15, 0.2) is 5.69 Å². The number of ether oxygens (including phenoxy) is 1. The molecule has 33 heavy (non-hydrogen) atoms. The third-order valence-electron chi connectivity index (χ3n) is 4.82. The molecular formula is C21H31N5O6S. The van der Waals surface area contributed by atoms with Crippen LogP contribution in [-0.4, -0.2) is 41.1 Å². The molecule has 0 bridgehead atoms. The quantitative estimate of drug-likeness (QED) is 0.389. The van der Waals surface area contributed by atoms with Crippen molar-refractivity contribution in [3.8, 4) is 11.6 Å². The van der Waals surface area contributed by atoms with Gasteiger partial charge >= 0.3 is 0 Å². The zero-order valence-electron chi connectivity index (χ0n) is 19.9. The molecule has 0 spiro atoms. The van der Waals surface area contributed by atoms with Crippen molar-refractivity contribution in [3.05, 3.63) is 39.6 Å². The number of nitrogens with zero attached hydrogens (tertiary/aromatic N) is 3. The van der Waals surface area contributed by atoms with Gasteiger partial charge in [-0.3, -0.25) is 14.9 Å². The molecule has 0 unspecified atom stereocenters. The van der Waals surface area contributed by atoms with Gasteiger partial charge in [0.2, 0.25) is 15.9 Å². The van der Waals surface area contributed by atoms with Gasteiger partial charge in [-0.15, -0.1) is 0 Å². The number of carbonyl (C=O) groups is 1. The van der Waals surface area contributed by atoms with Crippen LogP contribution in [-0.2, 0) is 10.0 Å². The summed E-state index contributed by atoms with van der Waals surface area (Å²) in [6, 6.07) is 2.64. The number of aromatic nitrogens is 2. The molecule has 12 heteroatoms. The zero-order chi connectivity index (χ0) is 25.1. The lowest BCUT2D eigenvalue weighted by molar-refractivity contribution is -0.385. The fourth-order valence-corrected chi connectivity index (χ4v) is 4.42. The van der Waals surface area contributed by atoms with Crippen LogP contribution in [0, 0.1) is 17.0 Å². The minimum absolute atomic E-state index is 0.108. The van der Waals surface area contributed by atoms with E-state index in [1.807, 2.05) is 34.6 Å². The molecule has 0 saturated heterocycles. The molecule has 182 valence electrons. The summed E-state index contributed by atoms with van der Waals surface area (Å²) in [6.07, 6.45) is 0.526. The maximum Gasteiger partial charge on any atom is 0.272 e. The summed E-state index contributed by atoms with van der Waals surface area (Å²) in [7, 11) is -4.14. The van der Waals surface area contributed by atoms with Gasteiger partial charge in [0.25, 0.3) is 11.6 Å². The number of nitro groups is 1. The lowest BCUT2D eigenvalue weighted by Gasteiger charge is -2.17. The summed E-state index contributed by atoms with van der Waals surface area (Å²) in [5, 5.41) is 18.4. The summed E-state index contributed by atoms with van der Waals surface area (Å²) >= 11 is 0. The number of benzene rings is 1. The van der Waals surface area contributed by atoms with E-state index in [4.69, 9.17) is 4.74 Å². The molecule has 1 amide bonds. The number of amides is 1.